The van der Waals surface area contributed by atoms with E-state index in [0.29, 0.717) is 22.0 Å². The highest BCUT2D eigenvalue weighted by Gasteiger charge is 2.52. The summed E-state index contributed by atoms with van der Waals surface area (Å²) in [6, 6.07) is 67.3. The number of para-hydroxylation sites is 5. The summed E-state index contributed by atoms with van der Waals surface area (Å²) in [5, 5.41) is 7.87. The number of benzene rings is 10. The molecule has 3 nitrogen and oxygen atoms in total. The number of aryl methyl sites for hydroxylation is 1. The second kappa shape index (κ2) is 13.2. The molecule has 2 aromatic heterocycles. The Hall–Kier alpha value is -8.09. The first-order valence-electron chi connectivity index (χ1n) is 22.5. The summed E-state index contributed by atoms with van der Waals surface area (Å²) in [5.74, 6) is 0. The van der Waals surface area contributed by atoms with Crippen LogP contribution in [0.2, 0.25) is 0 Å². The first-order chi connectivity index (χ1) is 32.4. The smallest absolute Gasteiger partial charge is 0.420 e. The van der Waals surface area contributed by atoms with Gasteiger partial charge in [-0.15, -0.1) is 0 Å². The molecule has 3 heterocycles. The van der Waals surface area contributed by atoms with Gasteiger partial charge in [-0.05, 0) is 104 Å². The Bertz CT molecular complexity index is 4040. The zero-order chi connectivity index (χ0) is 44.1. The van der Waals surface area contributed by atoms with Crippen LogP contribution in [0.15, 0.2) is 199 Å². The van der Waals surface area contributed by atoms with Gasteiger partial charge in [0.2, 0.25) is 0 Å². The van der Waals surface area contributed by atoms with Gasteiger partial charge in [0.25, 0.3) is 0 Å². The van der Waals surface area contributed by atoms with E-state index in [2.05, 4.69) is 174 Å². The number of rotatable bonds is 4. The van der Waals surface area contributed by atoms with E-state index in [-0.39, 0.29) is 5.58 Å². The number of nitrogens with zero attached hydrogens (tertiary/aromatic N) is 2. The van der Waals surface area contributed by atoms with Crippen LogP contribution in [0.3, 0.4) is 0 Å². The normalized spacial score (nSPS) is 15.1. The third-order valence-electron chi connectivity index (χ3n) is 14.6. The highest BCUT2D eigenvalue weighted by Crippen LogP contribution is 2.64. The lowest BCUT2D eigenvalue weighted by molar-refractivity contribution is -0.136. The fourth-order valence-corrected chi connectivity index (χ4v) is 11.9. The number of fused-ring (bicyclic) bond motifs is 19. The summed E-state index contributed by atoms with van der Waals surface area (Å²) in [4.78, 5) is 2.21. The van der Waals surface area contributed by atoms with E-state index in [1.54, 1.807) is 6.07 Å². The molecule has 0 radical (unpaired) electrons. The average Bonchev–Trinajstić information content (AvgIpc) is 4.01. The lowest BCUT2D eigenvalue weighted by Crippen LogP contribution is -2.33. The van der Waals surface area contributed by atoms with Gasteiger partial charge in [-0.2, -0.15) is 13.2 Å². The number of furan rings is 1. The fraction of sp³-hybridized carbons (Fsp3) is 0.0667. The molecule has 0 saturated heterocycles. The molecule has 66 heavy (non-hydrogen) atoms. The Balaban J connectivity index is 1.17. The molecule has 0 bridgehead atoms. The number of anilines is 3. The maximum Gasteiger partial charge on any atom is 0.420 e. The average molecular weight is 859 g/mol. The van der Waals surface area contributed by atoms with Gasteiger partial charge in [-0.25, -0.2) is 0 Å². The van der Waals surface area contributed by atoms with Crippen LogP contribution in [0.4, 0.5) is 30.2 Å². The second-order valence-corrected chi connectivity index (χ2v) is 17.7. The molecule has 1 aliphatic carbocycles. The molecule has 0 saturated carbocycles. The van der Waals surface area contributed by atoms with Crippen molar-refractivity contribution in [2.24, 2.45) is 0 Å². The van der Waals surface area contributed by atoms with Crippen molar-refractivity contribution < 1.29 is 17.6 Å². The number of hydrogen-bond donors (Lipinski definition) is 0. The van der Waals surface area contributed by atoms with E-state index >= 15 is 0 Å². The molecule has 10 aromatic carbocycles. The van der Waals surface area contributed by atoms with Crippen LogP contribution in [0.5, 0.6) is 0 Å². The van der Waals surface area contributed by atoms with Crippen LogP contribution in [-0.4, -0.2) is 4.57 Å². The van der Waals surface area contributed by atoms with Gasteiger partial charge in [-0.1, -0.05) is 159 Å². The fourth-order valence-electron chi connectivity index (χ4n) is 11.9. The molecule has 12 aromatic rings. The Morgan fingerprint density at radius 2 is 1.14 bits per heavy atom. The van der Waals surface area contributed by atoms with Crippen molar-refractivity contribution in [2.75, 3.05) is 4.90 Å². The van der Waals surface area contributed by atoms with Gasteiger partial charge < -0.3 is 13.9 Å². The topological polar surface area (TPSA) is 21.3 Å². The molecular weight excluding hydrogens is 822 g/mol. The molecule has 14 rings (SSSR count). The van der Waals surface area contributed by atoms with Crippen molar-refractivity contribution in [3.8, 4) is 16.8 Å². The molecule has 0 amide bonds. The van der Waals surface area contributed by atoms with E-state index < -0.39 is 17.2 Å². The molecule has 1 spiro atoms. The summed E-state index contributed by atoms with van der Waals surface area (Å²) in [6.45, 7) is 2.14. The summed E-state index contributed by atoms with van der Waals surface area (Å²) in [7, 11) is 0. The van der Waals surface area contributed by atoms with Crippen molar-refractivity contribution in [3.63, 3.8) is 0 Å². The molecule has 6 heteroatoms. The Morgan fingerprint density at radius 3 is 1.95 bits per heavy atom. The van der Waals surface area contributed by atoms with Crippen LogP contribution in [0, 0.1) is 0 Å². The van der Waals surface area contributed by atoms with Gasteiger partial charge in [0.15, 0.2) is 5.58 Å². The zero-order valence-corrected chi connectivity index (χ0v) is 35.6. The minimum atomic E-state index is -4.60. The standard InChI is InChI=1S/C60H37F3N2O/c1-2-35-28-31-37(32-29-35)64(52-27-13-21-44-43-20-12-24-48(60(61,62)63)57(43)66-58(44)52)53-34-49-55(41-18-6-5-16-39(41)53)54-38-15-4-3-14-36(38)30-33-46(54)59(49)45-22-8-10-26-51(45)65-50-25-9-7-17-40(50)42-19-11-23-47(59)56(42)65/h3-34H,2H2,1H3. The van der Waals surface area contributed by atoms with Crippen molar-refractivity contribution in [2.45, 2.75) is 24.9 Å². The van der Waals surface area contributed by atoms with E-state index in [1.807, 2.05) is 18.2 Å². The third kappa shape index (κ3) is 4.72. The van der Waals surface area contributed by atoms with Crippen molar-refractivity contribution in [1.29, 1.82) is 0 Å². The van der Waals surface area contributed by atoms with Gasteiger partial charge in [-0.3, -0.25) is 0 Å². The monoisotopic (exact) mass is 858 g/mol. The molecule has 1 aliphatic heterocycles. The quantitative estimate of drug-likeness (QED) is 0.176. The molecule has 314 valence electrons. The molecule has 0 fully saturated rings. The molecule has 1 atom stereocenters. The van der Waals surface area contributed by atoms with E-state index in [9.17, 15) is 13.2 Å². The predicted octanol–water partition coefficient (Wildman–Crippen LogP) is 16.7. The highest BCUT2D eigenvalue weighted by atomic mass is 19.4. The zero-order valence-electron chi connectivity index (χ0n) is 35.6. The molecule has 0 N–H and O–H groups in total. The SMILES string of the molecule is CCc1ccc(N(c2cc3c(c4ccccc24)-c2c(ccc4ccccc24)C32c3ccccc3-n3c4ccccc4c4cccc2c43)c2cccc3c2oc2c(C(F)(F)F)cccc23)cc1. The lowest BCUT2D eigenvalue weighted by Gasteiger charge is -2.40. The summed E-state index contributed by atoms with van der Waals surface area (Å²) in [6.07, 6.45) is -3.74. The summed E-state index contributed by atoms with van der Waals surface area (Å²) >= 11 is 0. The van der Waals surface area contributed by atoms with E-state index in [4.69, 9.17) is 4.42 Å². The predicted molar refractivity (Wildman–Crippen MR) is 263 cm³/mol. The first kappa shape index (κ1) is 37.3. The molecule has 1 unspecified atom stereocenters. The second-order valence-electron chi connectivity index (χ2n) is 17.7. The maximum atomic E-state index is 14.7. The van der Waals surface area contributed by atoms with Crippen LogP contribution in [0.1, 0.15) is 40.3 Å². The van der Waals surface area contributed by atoms with Crippen LogP contribution in [0.25, 0.3) is 82.1 Å². The van der Waals surface area contributed by atoms with Gasteiger partial charge >= 0.3 is 6.18 Å². The number of halogens is 3. The van der Waals surface area contributed by atoms with Gasteiger partial charge in [0.1, 0.15) is 5.58 Å². The molecular formula is C60H37F3N2O. The van der Waals surface area contributed by atoms with Gasteiger partial charge in [0, 0.05) is 32.6 Å². The number of hydrogen-bond acceptors (Lipinski definition) is 2. The van der Waals surface area contributed by atoms with Crippen LogP contribution >= 0.6 is 0 Å². The minimum Gasteiger partial charge on any atom is -0.453 e. The summed E-state index contributed by atoms with van der Waals surface area (Å²) < 4.78 is 53.0. The minimum absolute atomic E-state index is 0.170. The van der Waals surface area contributed by atoms with Gasteiger partial charge in [0.05, 0.1) is 39.1 Å². The Kier molecular flexibility index (Phi) is 7.48. The number of aromatic nitrogens is 1. The largest absolute Gasteiger partial charge is 0.453 e. The van der Waals surface area contributed by atoms with Crippen molar-refractivity contribution in [3.05, 3.63) is 228 Å². The van der Waals surface area contributed by atoms with Crippen LogP contribution in [-0.2, 0) is 18.0 Å². The molecule has 2 aliphatic rings. The van der Waals surface area contributed by atoms with Crippen LogP contribution < -0.4 is 4.90 Å². The van der Waals surface area contributed by atoms with E-state index in [1.165, 1.54) is 61.1 Å². The Labute approximate surface area is 377 Å². The Morgan fingerprint density at radius 1 is 0.500 bits per heavy atom. The number of alkyl halides is 3. The summed E-state index contributed by atoms with van der Waals surface area (Å²) in [5.41, 5.74) is 12.8. The third-order valence-corrected chi connectivity index (χ3v) is 14.6. The van der Waals surface area contributed by atoms with E-state index in [0.717, 1.165) is 56.8 Å². The maximum absolute atomic E-state index is 14.7. The first-order valence-corrected chi connectivity index (χ1v) is 22.5. The van der Waals surface area contributed by atoms with Crippen molar-refractivity contribution >= 4 is 82.4 Å². The van der Waals surface area contributed by atoms with Crippen molar-refractivity contribution in [1.82, 2.24) is 4.57 Å². The highest BCUT2D eigenvalue weighted by molar-refractivity contribution is 6.19. The lowest BCUT2D eigenvalue weighted by atomic mass is 9.65.